The molecule has 0 saturated heterocycles. The van der Waals surface area contributed by atoms with E-state index in [0.29, 0.717) is 22.2 Å². The number of hydrogen-bond donors (Lipinski definition) is 1. The molecule has 0 aliphatic carbocycles. The van der Waals surface area contributed by atoms with Crippen molar-refractivity contribution >= 4 is 51.7 Å². The Morgan fingerprint density at radius 2 is 1.86 bits per heavy atom. The molecule has 3 rings (SSSR count). The summed E-state index contributed by atoms with van der Waals surface area (Å²) in [6, 6.07) is 13.4. The summed E-state index contributed by atoms with van der Waals surface area (Å²) >= 11 is 12.2. The Morgan fingerprint density at radius 3 is 2.52 bits per heavy atom. The fourth-order valence-corrected chi connectivity index (χ4v) is 3.49. The van der Waals surface area contributed by atoms with Crippen LogP contribution in [0.25, 0.3) is 10.9 Å². The number of esters is 1. The number of anilines is 1. The summed E-state index contributed by atoms with van der Waals surface area (Å²) in [6.07, 6.45) is 1.47. The summed E-state index contributed by atoms with van der Waals surface area (Å²) < 4.78 is 5.00. The van der Waals surface area contributed by atoms with Gasteiger partial charge in [-0.1, -0.05) is 41.4 Å². The van der Waals surface area contributed by atoms with Gasteiger partial charge >= 0.3 is 5.97 Å². The van der Waals surface area contributed by atoms with Crippen molar-refractivity contribution in [2.75, 3.05) is 11.9 Å². The van der Waals surface area contributed by atoms with Crippen LogP contribution in [0.2, 0.25) is 10.0 Å². The number of nitrogens with zero attached hydrogens (tertiary/aromatic N) is 2. The molecular weight excluding hydrogens is 413 g/mol. The molecule has 1 N–H and O–H groups in total. The van der Waals surface area contributed by atoms with Crippen LogP contribution in [0.1, 0.15) is 28.8 Å². The second-order valence-corrected chi connectivity index (χ2v) is 6.78. The first kappa shape index (κ1) is 20.6. The predicted octanol–water partition coefficient (Wildman–Crippen LogP) is 4.96. The number of para-hydroxylation sites is 1. The van der Waals surface area contributed by atoms with Crippen LogP contribution in [0.3, 0.4) is 0 Å². The zero-order valence-electron chi connectivity index (χ0n) is 15.3. The number of nitrogens with one attached hydrogen (secondary N) is 1. The maximum Gasteiger partial charge on any atom is 0.327 e. The topological polar surface area (TPSA) is 92.1 Å². The highest BCUT2D eigenvalue weighted by molar-refractivity contribution is 6.40. The first-order chi connectivity index (χ1) is 14.0. The van der Waals surface area contributed by atoms with Gasteiger partial charge in [0.2, 0.25) is 0 Å². The fourth-order valence-electron chi connectivity index (χ4n) is 2.92. The maximum absolute atomic E-state index is 12.7. The van der Waals surface area contributed by atoms with Gasteiger partial charge in [-0.05, 0) is 36.8 Å². The van der Waals surface area contributed by atoms with Gasteiger partial charge in [0.25, 0.3) is 5.91 Å². The Kier molecular flexibility index (Phi) is 6.32. The minimum atomic E-state index is -1.11. The highest BCUT2D eigenvalue weighted by Crippen LogP contribution is 2.31. The molecule has 0 bridgehead atoms. The number of hydrogen-bond acceptors (Lipinski definition) is 5. The predicted molar refractivity (Wildman–Crippen MR) is 111 cm³/mol. The summed E-state index contributed by atoms with van der Waals surface area (Å²) in [7, 11) is 0. The molecule has 0 saturated carbocycles. The average molecular weight is 428 g/mol. The number of halogens is 2. The van der Waals surface area contributed by atoms with Gasteiger partial charge in [0, 0.05) is 11.6 Å². The molecule has 1 heterocycles. The quantitative estimate of drug-likeness (QED) is 0.580. The number of carbonyl (C=O) groups excluding carboxylic acids is 2. The van der Waals surface area contributed by atoms with E-state index in [4.69, 9.17) is 27.9 Å². The standard InChI is InChI=1S/C21H15Cl2N3O3/c1-2-29-21(28)14(11-24)12-9-10-25-19-13(12)5-3-8-17(19)26-20(27)18-15(22)6-4-7-16(18)23/h3-10,14H,2H2,1H3,(H,26,27). The highest BCUT2D eigenvalue weighted by atomic mass is 35.5. The van der Waals surface area contributed by atoms with Gasteiger partial charge < -0.3 is 10.1 Å². The molecule has 0 fully saturated rings. The Bertz CT molecular complexity index is 1120. The van der Waals surface area contributed by atoms with Crippen molar-refractivity contribution in [3.8, 4) is 6.07 Å². The SMILES string of the molecule is CCOC(=O)C(C#N)c1ccnc2c(NC(=O)c3c(Cl)cccc3Cl)cccc12. The molecule has 29 heavy (non-hydrogen) atoms. The minimum absolute atomic E-state index is 0.144. The van der Waals surface area contributed by atoms with E-state index in [0.717, 1.165) is 0 Å². The van der Waals surface area contributed by atoms with Gasteiger partial charge in [0.05, 0.1) is 39.5 Å². The molecule has 1 amide bonds. The number of carbonyl (C=O) groups is 2. The number of benzene rings is 2. The number of ether oxygens (including phenoxy) is 1. The minimum Gasteiger partial charge on any atom is -0.465 e. The van der Waals surface area contributed by atoms with Gasteiger partial charge in [-0.25, -0.2) is 0 Å². The Labute approximate surface area is 177 Å². The summed E-state index contributed by atoms with van der Waals surface area (Å²) in [5.74, 6) is -2.24. The fraction of sp³-hybridized carbons (Fsp3) is 0.143. The summed E-state index contributed by atoms with van der Waals surface area (Å²) in [5, 5.41) is 13.2. The summed E-state index contributed by atoms with van der Waals surface area (Å²) in [5.41, 5.74) is 1.41. The molecule has 1 aromatic heterocycles. The van der Waals surface area contributed by atoms with Crippen LogP contribution < -0.4 is 5.32 Å². The third-order valence-corrected chi connectivity index (χ3v) is 4.84. The van der Waals surface area contributed by atoms with Crippen LogP contribution in [0, 0.1) is 11.3 Å². The van der Waals surface area contributed by atoms with Crippen molar-refractivity contribution in [2.45, 2.75) is 12.8 Å². The number of aromatic nitrogens is 1. The van der Waals surface area contributed by atoms with Crippen LogP contribution in [-0.2, 0) is 9.53 Å². The lowest BCUT2D eigenvalue weighted by Crippen LogP contribution is -2.16. The number of pyridine rings is 1. The van der Waals surface area contributed by atoms with E-state index < -0.39 is 17.8 Å². The van der Waals surface area contributed by atoms with Gasteiger partial charge in [0.15, 0.2) is 5.92 Å². The van der Waals surface area contributed by atoms with Crippen LogP contribution >= 0.6 is 23.2 Å². The zero-order valence-corrected chi connectivity index (χ0v) is 16.8. The largest absolute Gasteiger partial charge is 0.465 e. The van der Waals surface area contributed by atoms with Crippen molar-refractivity contribution in [3.05, 3.63) is 69.8 Å². The lowest BCUT2D eigenvalue weighted by molar-refractivity contribution is -0.143. The summed E-state index contributed by atoms with van der Waals surface area (Å²) in [4.78, 5) is 29.2. The van der Waals surface area contributed by atoms with Crippen molar-refractivity contribution < 1.29 is 14.3 Å². The first-order valence-electron chi connectivity index (χ1n) is 8.67. The summed E-state index contributed by atoms with van der Waals surface area (Å²) in [6.45, 7) is 1.84. The molecule has 1 unspecified atom stereocenters. The van der Waals surface area contributed by atoms with Gasteiger partial charge in [0.1, 0.15) is 0 Å². The van der Waals surface area contributed by atoms with E-state index in [2.05, 4.69) is 10.3 Å². The molecule has 146 valence electrons. The normalized spacial score (nSPS) is 11.5. The van der Waals surface area contributed by atoms with Crippen LogP contribution in [0.5, 0.6) is 0 Å². The van der Waals surface area contributed by atoms with E-state index >= 15 is 0 Å². The molecule has 2 aromatic carbocycles. The van der Waals surface area contributed by atoms with Gasteiger partial charge in [-0.15, -0.1) is 0 Å². The smallest absolute Gasteiger partial charge is 0.327 e. The molecule has 6 nitrogen and oxygen atoms in total. The van der Waals surface area contributed by atoms with Crippen LogP contribution in [-0.4, -0.2) is 23.5 Å². The molecule has 0 radical (unpaired) electrons. The van der Waals surface area contributed by atoms with E-state index in [1.165, 1.54) is 6.20 Å². The van der Waals surface area contributed by atoms with E-state index in [-0.39, 0.29) is 22.2 Å². The van der Waals surface area contributed by atoms with Crippen molar-refractivity contribution in [2.24, 2.45) is 0 Å². The van der Waals surface area contributed by atoms with Crippen molar-refractivity contribution in [1.82, 2.24) is 4.98 Å². The van der Waals surface area contributed by atoms with E-state index in [1.54, 1.807) is 49.4 Å². The molecule has 1 atom stereocenters. The molecule has 3 aromatic rings. The number of rotatable bonds is 5. The Hall–Kier alpha value is -3.14. The molecule has 8 heteroatoms. The first-order valence-corrected chi connectivity index (χ1v) is 9.42. The Morgan fingerprint density at radius 1 is 1.17 bits per heavy atom. The lowest BCUT2D eigenvalue weighted by atomic mass is 9.96. The van der Waals surface area contributed by atoms with Crippen molar-refractivity contribution in [1.29, 1.82) is 5.26 Å². The van der Waals surface area contributed by atoms with Gasteiger partial charge in [-0.3, -0.25) is 14.6 Å². The van der Waals surface area contributed by atoms with Crippen LogP contribution in [0.15, 0.2) is 48.7 Å². The average Bonchev–Trinajstić information content (AvgIpc) is 2.69. The van der Waals surface area contributed by atoms with Crippen molar-refractivity contribution in [3.63, 3.8) is 0 Å². The monoisotopic (exact) mass is 427 g/mol. The zero-order chi connectivity index (χ0) is 21.0. The molecular formula is C21H15Cl2N3O3. The second-order valence-electron chi connectivity index (χ2n) is 5.97. The molecule has 0 aliphatic heterocycles. The number of amides is 1. The molecule has 0 spiro atoms. The van der Waals surface area contributed by atoms with E-state index in [9.17, 15) is 14.9 Å². The third-order valence-electron chi connectivity index (χ3n) is 4.21. The van der Waals surface area contributed by atoms with Gasteiger partial charge in [-0.2, -0.15) is 5.26 Å². The maximum atomic E-state index is 12.7. The third kappa shape index (κ3) is 4.16. The van der Waals surface area contributed by atoms with Crippen LogP contribution in [0.4, 0.5) is 5.69 Å². The number of fused-ring (bicyclic) bond motifs is 1. The lowest BCUT2D eigenvalue weighted by Gasteiger charge is -2.14. The number of nitriles is 1. The van der Waals surface area contributed by atoms with E-state index in [1.807, 2.05) is 6.07 Å². The molecule has 0 aliphatic rings. The highest BCUT2D eigenvalue weighted by Gasteiger charge is 2.24. The Balaban J connectivity index is 2.04. The second kappa shape index (κ2) is 8.91.